The second kappa shape index (κ2) is 5.82. The molecule has 0 aromatic carbocycles. The number of esters is 1. The number of pyridine rings is 1. The Morgan fingerprint density at radius 2 is 2.28 bits per heavy atom. The van der Waals surface area contributed by atoms with Gasteiger partial charge in [0.25, 0.3) is 0 Å². The summed E-state index contributed by atoms with van der Waals surface area (Å²) in [7, 11) is 1.34. The molecule has 1 aromatic heterocycles. The Balaban J connectivity index is 2.15. The smallest absolute Gasteiger partial charge is 0.341 e. The molecular weight excluding hydrogens is 232 g/mol. The highest BCUT2D eigenvalue weighted by molar-refractivity contribution is 5.94. The molecule has 0 amide bonds. The molecule has 1 saturated carbocycles. The molecule has 2 atom stereocenters. The normalized spacial score (nSPS) is 23.4. The summed E-state index contributed by atoms with van der Waals surface area (Å²) < 4.78 is 4.71. The topological polar surface area (TPSA) is 71.5 Å². The van der Waals surface area contributed by atoms with Gasteiger partial charge in [0.05, 0.1) is 19.3 Å². The SMILES string of the molecule is COC(=O)c1cccnc1NC1CCCCC1O. The molecule has 18 heavy (non-hydrogen) atoms. The molecule has 1 aliphatic rings. The van der Waals surface area contributed by atoms with Gasteiger partial charge in [0.15, 0.2) is 0 Å². The molecular formula is C13H18N2O3. The molecule has 5 heteroatoms. The number of hydrogen-bond acceptors (Lipinski definition) is 5. The highest BCUT2D eigenvalue weighted by Crippen LogP contribution is 2.23. The van der Waals surface area contributed by atoms with Crippen LogP contribution in [0.25, 0.3) is 0 Å². The van der Waals surface area contributed by atoms with E-state index in [2.05, 4.69) is 10.3 Å². The molecule has 0 aliphatic heterocycles. The van der Waals surface area contributed by atoms with Gasteiger partial charge in [0.1, 0.15) is 11.4 Å². The van der Waals surface area contributed by atoms with Gasteiger partial charge >= 0.3 is 5.97 Å². The fraction of sp³-hybridized carbons (Fsp3) is 0.538. The van der Waals surface area contributed by atoms with E-state index in [4.69, 9.17) is 4.74 Å². The molecule has 0 radical (unpaired) electrons. The fourth-order valence-corrected chi connectivity index (χ4v) is 2.25. The number of carbonyl (C=O) groups excluding carboxylic acids is 1. The summed E-state index contributed by atoms with van der Waals surface area (Å²) in [5.41, 5.74) is 0.401. The van der Waals surface area contributed by atoms with E-state index in [1.807, 2.05) is 0 Å². The maximum Gasteiger partial charge on any atom is 0.341 e. The van der Waals surface area contributed by atoms with Gasteiger partial charge in [-0.05, 0) is 25.0 Å². The number of nitrogens with one attached hydrogen (secondary N) is 1. The minimum Gasteiger partial charge on any atom is -0.465 e. The van der Waals surface area contributed by atoms with E-state index >= 15 is 0 Å². The van der Waals surface area contributed by atoms with Gasteiger partial charge in [0, 0.05) is 6.20 Å². The van der Waals surface area contributed by atoms with Gasteiger partial charge in [-0.2, -0.15) is 0 Å². The van der Waals surface area contributed by atoms with Crippen molar-refractivity contribution < 1.29 is 14.6 Å². The van der Waals surface area contributed by atoms with Crippen molar-refractivity contribution in [2.75, 3.05) is 12.4 Å². The Bertz CT molecular complexity index is 422. The van der Waals surface area contributed by atoms with Gasteiger partial charge in [-0.25, -0.2) is 9.78 Å². The van der Waals surface area contributed by atoms with Crippen molar-refractivity contribution in [2.45, 2.75) is 37.8 Å². The number of carbonyl (C=O) groups is 1. The lowest BCUT2D eigenvalue weighted by Crippen LogP contribution is -2.37. The lowest BCUT2D eigenvalue weighted by atomic mass is 9.92. The van der Waals surface area contributed by atoms with Crippen LogP contribution in [0.2, 0.25) is 0 Å². The molecule has 0 saturated heterocycles. The van der Waals surface area contributed by atoms with Crippen LogP contribution in [0.5, 0.6) is 0 Å². The van der Waals surface area contributed by atoms with Gasteiger partial charge in [-0.1, -0.05) is 12.8 Å². The van der Waals surface area contributed by atoms with Crippen LogP contribution in [0, 0.1) is 0 Å². The first-order valence-corrected chi connectivity index (χ1v) is 6.20. The van der Waals surface area contributed by atoms with E-state index in [1.165, 1.54) is 7.11 Å². The molecule has 5 nitrogen and oxygen atoms in total. The summed E-state index contributed by atoms with van der Waals surface area (Å²) >= 11 is 0. The zero-order valence-corrected chi connectivity index (χ0v) is 10.4. The standard InChI is InChI=1S/C13H18N2O3/c1-18-13(17)9-5-4-8-14-12(9)15-10-6-2-3-7-11(10)16/h4-5,8,10-11,16H,2-3,6-7H2,1H3,(H,14,15). The Hall–Kier alpha value is -1.62. The van der Waals surface area contributed by atoms with Crippen LogP contribution in [-0.4, -0.2) is 35.3 Å². The van der Waals surface area contributed by atoms with E-state index in [9.17, 15) is 9.90 Å². The maximum atomic E-state index is 11.6. The summed E-state index contributed by atoms with van der Waals surface area (Å²) in [6.45, 7) is 0. The van der Waals surface area contributed by atoms with Crippen molar-refractivity contribution in [3.63, 3.8) is 0 Å². The average molecular weight is 250 g/mol. The Morgan fingerprint density at radius 3 is 3.00 bits per heavy atom. The second-order valence-electron chi connectivity index (χ2n) is 4.49. The van der Waals surface area contributed by atoms with E-state index in [0.717, 1.165) is 25.7 Å². The molecule has 2 unspecified atom stereocenters. The number of aromatic nitrogens is 1. The van der Waals surface area contributed by atoms with Gasteiger partial charge in [-0.3, -0.25) is 0 Å². The van der Waals surface area contributed by atoms with Gasteiger partial charge in [-0.15, -0.1) is 0 Å². The number of rotatable bonds is 3. The number of anilines is 1. The average Bonchev–Trinajstić information content (AvgIpc) is 2.41. The van der Waals surface area contributed by atoms with Crippen LogP contribution in [0.3, 0.4) is 0 Å². The van der Waals surface area contributed by atoms with Crippen molar-refractivity contribution in [1.29, 1.82) is 0 Å². The molecule has 0 spiro atoms. The van der Waals surface area contributed by atoms with Crippen molar-refractivity contribution in [3.8, 4) is 0 Å². The Morgan fingerprint density at radius 1 is 1.50 bits per heavy atom. The van der Waals surface area contributed by atoms with E-state index in [0.29, 0.717) is 11.4 Å². The summed E-state index contributed by atoms with van der Waals surface area (Å²) in [4.78, 5) is 15.7. The van der Waals surface area contributed by atoms with Crippen LogP contribution >= 0.6 is 0 Å². The van der Waals surface area contributed by atoms with Crippen LogP contribution in [0.15, 0.2) is 18.3 Å². The van der Waals surface area contributed by atoms with Crippen LogP contribution in [0.1, 0.15) is 36.0 Å². The molecule has 1 aliphatic carbocycles. The van der Waals surface area contributed by atoms with E-state index < -0.39 is 5.97 Å². The van der Waals surface area contributed by atoms with Gasteiger partial charge in [0.2, 0.25) is 0 Å². The third-order valence-corrected chi connectivity index (χ3v) is 3.26. The van der Waals surface area contributed by atoms with Crippen LogP contribution in [0.4, 0.5) is 5.82 Å². The summed E-state index contributed by atoms with van der Waals surface area (Å²) in [6.07, 6.45) is 5.03. The number of methoxy groups -OCH3 is 1. The minimum absolute atomic E-state index is 0.0444. The first-order chi connectivity index (χ1) is 8.72. The van der Waals surface area contributed by atoms with Gasteiger partial charge < -0.3 is 15.2 Å². The first kappa shape index (κ1) is 12.8. The molecule has 2 N–H and O–H groups in total. The van der Waals surface area contributed by atoms with E-state index in [1.54, 1.807) is 18.3 Å². The van der Waals surface area contributed by atoms with Crippen molar-refractivity contribution in [1.82, 2.24) is 4.98 Å². The van der Waals surface area contributed by atoms with Crippen LogP contribution in [-0.2, 0) is 4.74 Å². The minimum atomic E-state index is -0.420. The molecule has 1 fully saturated rings. The zero-order chi connectivity index (χ0) is 13.0. The van der Waals surface area contributed by atoms with Crippen LogP contribution < -0.4 is 5.32 Å². The fourth-order valence-electron chi connectivity index (χ4n) is 2.25. The van der Waals surface area contributed by atoms with E-state index in [-0.39, 0.29) is 12.1 Å². The number of nitrogens with zero attached hydrogens (tertiary/aromatic N) is 1. The highest BCUT2D eigenvalue weighted by atomic mass is 16.5. The van der Waals surface area contributed by atoms with Crippen molar-refractivity contribution in [3.05, 3.63) is 23.9 Å². The second-order valence-corrected chi connectivity index (χ2v) is 4.49. The lowest BCUT2D eigenvalue weighted by Gasteiger charge is -2.29. The number of ether oxygens (including phenoxy) is 1. The molecule has 1 heterocycles. The monoisotopic (exact) mass is 250 g/mol. The summed E-state index contributed by atoms with van der Waals surface area (Å²) in [5.74, 6) is 0.0613. The zero-order valence-electron chi connectivity index (χ0n) is 10.4. The predicted octanol–water partition coefficient (Wildman–Crippen LogP) is 1.58. The third kappa shape index (κ3) is 2.79. The summed E-state index contributed by atoms with van der Waals surface area (Å²) in [6, 6.07) is 3.31. The molecule has 98 valence electrons. The Labute approximate surface area is 106 Å². The quantitative estimate of drug-likeness (QED) is 0.797. The number of hydrogen-bond donors (Lipinski definition) is 2. The molecule has 2 rings (SSSR count). The van der Waals surface area contributed by atoms with Crippen molar-refractivity contribution in [2.24, 2.45) is 0 Å². The summed E-state index contributed by atoms with van der Waals surface area (Å²) in [5, 5.41) is 13.1. The first-order valence-electron chi connectivity index (χ1n) is 6.20. The molecule has 0 bridgehead atoms. The number of aliphatic hydroxyl groups excluding tert-OH is 1. The number of aliphatic hydroxyl groups is 1. The molecule has 1 aromatic rings. The maximum absolute atomic E-state index is 11.6. The lowest BCUT2D eigenvalue weighted by molar-refractivity contribution is 0.0600. The largest absolute Gasteiger partial charge is 0.465 e. The van der Waals surface area contributed by atoms with Crippen molar-refractivity contribution >= 4 is 11.8 Å². The highest BCUT2D eigenvalue weighted by Gasteiger charge is 2.24. The third-order valence-electron chi connectivity index (χ3n) is 3.26. The Kier molecular flexibility index (Phi) is 4.15. The predicted molar refractivity (Wildman–Crippen MR) is 67.5 cm³/mol.